The third-order valence-electron chi connectivity index (χ3n) is 1.97. The number of halogens is 1. The monoisotopic (exact) mass is 244 g/mol. The minimum atomic E-state index is 0.745. The highest BCUT2D eigenvalue weighted by molar-refractivity contribution is 8.04. The first-order valence-corrected chi connectivity index (χ1v) is 6.03. The zero-order valence-corrected chi connectivity index (χ0v) is 10.1. The number of rotatable bonds is 1. The molecule has 0 radical (unpaired) electrons. The molecule has 2 aromatic rings. The summed E-state index contributed by atoms with van der Waals surface area (Å²) in [6, 6.07) is 17.6. The highest BCUT2D eigenvalue weighted by Crippen LogP contribution is 2.25. The Balaban J connectivity index is 2.09. The van der Waals surface area contributed by atoms with Gasteiger partial charge in [-0.1, -0.05) is 47.9 Å². The zero-order valence-electron chi connectivity index (χ0n) is 8.48. The van der Waals surface area contributed by atoms with Gasteiger partial charge in [0.1, 0.15) is 0 Å². The molecule has 2 rings (SSSR count). The predicted octanol–water partition coefficient (Wildman–Crippen LogP) is 4.44. The average molecular weight is 245 g/mol. The van der Waals surface area contributed by atoms with E-state index in [1.807, 2.05) is 54.6 Å². The van der Waals surface area contributed by atoms with Crippen molar-refractivity contribution in [3.63, 3.8) is 0 Å². The molecule has 2 heteroatoms. The Labute approximate surface area is 105 Å². The highest BCUT2D eigenvalue weighted by Gasteiger charge is 1.95. The van der Waals surface area contributed by atoms with E-state index in [9.17, 15) is 0 Å². The molecule has 0 spiro atoms. The van der Waals surface area contributed by atoms with Crippen LogP contribution in [-0.2, 0) is 0 Å². The maximum Gasteiger partial charge on any atom is 0.0551 e. The standard InChI is InChI=1S/C14H9ClS/c15-13-8-4-5-9-14(13)16-11-10-12-6-2-1-3-7-12/h1-9H. The van der Waals surface area contributed by atoms with Crippen LogP contribution in [0.2, 0.25) is 5.02 Å². The Kier molecular flexibility index (Phi) is 3.93. The second-order valence-corrected chi connectivity index (χ2v) is 4.38. The fraction of sp³-hybridized carbons (Fsp3) is 0. The smallest absolute Gasteiger partial charge is 0.0551 e. The van der Waals surface area contributed by atoms with Crippen LogP contribution in [0.15, 0.2) is 59.5 Å². The molecule has 78 valence electrons. The van der Waals surface area contributed by atoms with Crippen LogP contribution in [0.25, 0.3) is 0 Å². The molecule has 0 aliphatic heterocycles. The molecule has 0 aromatic heterocycles. The molecule has 0 fully saturated rings. The molecule has 0 amide bonds. The van der Waals surface area contributed by atoms with Gasteiger partial charge in [-0.3, -0.25) is 0 Å². The van der Waals surface area contributed by atoms with Gasteiger partial charge in [0.2, 0.25) is 0 Å². The summed E-state index contributed by atoms with van der Waals surface area (Å²) >= 11 is 7.47. The van der Waals surface area contributed by atoms with Gasteiger partial charge in [-0.2, -0.15) is 0 Å². The summed E-state index contributed by atoms with van der Waals surface area (Å²) < 4.78 is 0. The summed E-state index contributed by atoms with van der Waals surface area (Å²) in [5.41, 5.74) is 1.02. The van der Waals surface area contributed by atoms with Crippen LogP contribution in [0, 0.1) is 11.2 Å². The van der Waals surface area contributed by atoms with Gasteiger partial charge in [-0.25, -0.2) is 0 Å². The number of benzene rings is 2. The van der Waals surface area contributed by atoms with Crippen LogP contribution in [0.1, 0.15) is 5.56 Å². The lowest BCUT2D eigenvalue weighted by Crippen LogP contribution is -1.71. The lowest BCUT2D eigenvalue weighted by Gasteiger charge is -1.95. The fourth-order valence-electron chi connectivity index (χ4n) is 1.19. The number of hydrogen-bond donors (Lipinski definition) is 0. The lowest BCUT2D eigenvalue weighted by atomic mass is 10.2. The molecule has 0 unspecified atom stereocenters. The molecule has 0 atom stereocenters. The maximum atomic E-state index is 6.02. The first-order chi connectivity index (χ1) is 7.86. The molecule has 0 saturated carbocycles. The van der Waals surface area contributed by atoms with Gasteiger partial charge in [-0.05, 0) is 41.3 Å². The molecule has 0 nitrogen and oxygen atoms in total. The van der Waals surface area contributed by atoms with Crippen molar-refractivity contribution in [2.75, 3.05) is 0 Å². The van der Waals surface area contributed by atoms with Crippen molar-refractivity contribution in [2.45, 2.75) is 4.90 Å². The van der Waals surface area contributed by atoms with E-state index in [-0.39, 0.29) is 0 Å². The summed E-state index contributed by atoms with van der Waals surface area (Å²) in [5, 5.41) is 3.79. The van der Waals surface area contributed by atoms with Crippen LogP contribution in [0.4, 0.5) is 0 Å². The SMILES string of the molecule is Clc1ccccc1SC#Cc1ccccc1. The van der Waals surface area contributed by atoms with Crippen LogP contribution < -0.4 is 0 Å². The minimum absolute atomic E-state index is 0.745. The summed E-state index contributed by atoms with van der Waals surface area (Å²) in [4.78, 5) is 0.993. The average Bonchev–Trinajstić information content (AvgIpc) is 2.33. The fourth-order valence-corrected chi connectivity index (χ4v) is 2.03. The van der Waals surface area contributed by atoms with E-state index in [0.717, 1.165) is 15.5 Å². The topological polar surface area (TPSA) is 0 Å². The summed E-state index contributed by atoms with van der Waals surface area (Å²) in [6.45, 7) is 0. The summed E-state index contributed by atoms with van der Waals surface area (Å²) in [6.07, 6.45) is 0. The van der Waals surface area contributed by atoms with Gasteiger partial charge in [-0.15, -0.1) is 0 Å². The molecule has 0 N–H and O–H groups in total. The molecule has 0 saturated heterocycles. The summed E-state index contributed by atoms with van der Waals surface area (Å²) in [5.74, 6) is 3.07. The van der Waals surface area contributed by atoms with Gasteiger partial charge in [0.25, 0.3) is 0 Å². The van der Waals surface area contributed by atoms with E-state index in [0.29, 0.717) is 0 Å². The van der Waals surface area contributed by atoms with Gasteiger partial charge in [0.15, 0.2) is 0 Å². The normalized spacial score (nSPS) is 9.31. The molecular weight excluding hydrogens is 236 g/mol. The highest BCUT2D eigenvalue weighted by atomic mass is 35.5. The van der Waals surface area contributed by atoms with Crippen molar-refractivity contribution in [3.8, 4) is 11.2 Å². The van der Waals surface area contributed by atoms with Crippen molar-refractivity contribution in [3.05, 3.63) is 65.2 Å². The minimum Gasteiger partial charge on any atom is -0.0831 e. The largest absolute Gasteiger partial charge is 0.0831 e. The maximum absolute atomic E-state index is 6.02. The third-order valence-corrected chi connectivity index (χ3v) is 3.19. The van der Waals surface area contributed by atoms with Crippen LogP contribution >= 0.6 is 23.4 Å². The van der Waals surface area contributed by atoms with E-state index in [2.05, 4.69) is 11.2 Å². The van der Waals surface area contributed by atoms with E-state index in [1.54, 1.807) is 0 Å². The Morgan fingerprint density at radius 3 is 2.31 bits per heavy atom. The van der Waals surface area contributed by atoms with Crippen molar-refractivity contribution >= 4 is 23.4 Å². The Morgan fingerprint density at radius 2 is 1.56 bits per heavy atom. The van der Waals surface area contributed by atoms with E-state index in [1.165, 1.54) is 11.8 Å². The Bertz CT molecular complexity index is 523. The molecule has 2 aromatic carbocycles. The first-order valence-electron chi connectivity index (χ1n) is 4.84. The second kappa shape index (κ2) is 5.65. The number of thioether (sulfide) groups is 1. The number of hydrogen-bond acceptors (Lipinski definition) is 1. The van der Waals surface area contributed by atoms with Crippen molar-refractivity contribution < 1.29 is 0 Å². The molecule has 0 bridgehead atoms. The van der Waals surface area contributed by atoms with Crippen molar-refractivity contribution in [1.29, 1.82) is 0 Å². The van der Waals surface area contributed by atoms with Crippen LogP contribution in [0.3, 0.4) is 0 Å². The third kappa shape index (κ3) is 3.06. The molecule has 0 aliphatic rings. The molecule has 0 heterocycles. The second-order valence-electron chi connectivity index (χ2n) is 3.13. The first kappa shape index (κ1) is 11.1. The van der Waals surface area contributed by atoms with Gasteiger partial charge in [0, 0.05) is 10.5 Å². The van der Waals surface area contributed by atoms with Gasteiger partial charge in [0.05, 0.1) is 5.02 Å². The van der Waals surface area contributed by atoms with Crippen molar-refractivity contribution in [1.82, 2.24) is 0 Å². The van der Waals surface area contributed by atoms with E-state index >= 15 is 0 Å². The van der Waals surface area contributed by atoms with E-state index in [4.69, 9.17) is 11.6 Å². The van der Waals surface area contributed by atoms with Crippen LogP contribution in [0.5, 0.6) is 0 Å². The van der Waals surface area contributed by atoms with E-state index < -0.39 is 0 Å². The van der Waals surface area contributed by atoms with Gasteiger partial charge >= 0.3 is 0 Å². The van der Waals surface area contributed by atoms with Crippen LogP contribution in [-0.4, -0.2) is 0 Å². The predicted molar refractivity (Wildman–Crippen MR) is 70.6 cm³/mol. The van der Waals surface area contributed by atoms with Gasteiger partial charge < -0.3 is 0 Å². The molecular formula is C14H9ClS. The molecule has 16 heavy (non-hydrogen) atoms. The Morgan fingerprint density at radius 1 is 0.875 bits per heavy atom. The lowest BCUT2D eigenvalue weighted by molar-refractivity contribution is 1.47. The quantitative estimate of drug-likeness (QED) is 0.528. The van der Waals surface area contributed by atoms with Crippen molar-refractivity contribution in [2.24, 2.45) is 0 Å². The Hall–Kier alpha value is -1.36. The molecule has 0 aliphatic carbocycles. The summed E-state index contributed by atoms with van der Waals surface area (Å²) in [7, 11) is 0. The zero-order chi connectivity index (χ0) is 11.2.